The molecule has 7 heteroatoms. The van der Waals surface area contributed by atoms with Crippen molar-refractivity contribution >= 4 is 39.3 Å². The van der Waals surface area contributed by atoms with E-state index in [1.165, 1.54) is 16.4 Å². The minimum absolute atomic E-state index is 0.0186. The van der Waals surface area contributed by atoms with Crippen LogP contribution in [0, 0.1) is 6.92 Å². The van der Waals surface area contributed by atoms with Gasteiger partial charge in [0, 0.05) is 24.1 Å². The summed E-state index contributed by atoms with van der Waals surface area (Å²) in [6, 6.07) is 9.37. The summed E-state index contributed by atoms with van der Waals surface area (Å²) in [5.41, 5.74) is 2.31. The molecule has 0 radical (unpaired) electrons. The molecular formula is C16H16N4O2S. The van der Waals surface area contributed by atoms with Crippen LogP contribution < -0.4 is 5.32 Å². The monoisotopic (exact) mass is 328 g/mol. The van der Waals surface area contributed by atoms with E-state index in [1.54, 1.807) is 19.3 Å². The Morgan fingerprint density at radius 2 is 2.13 bits per heavy atom. The van der Waals surface area contributed by atoms with E-state index < -0.39 is 0 Å². The number of hydrogen-bond acceptors (Lipinski definition) is 4. The van der Waals surface area contributed by atoms with Crippen molar-refractivity contribution in [3.8, 4) is 0 Å². The maximum Gasteiger partial charge on any atom is 0.256 e. The Hall–Kier alpha value is -2.67. The Balaban J connectivity index is 1.69. The van der Waals surface area contributed by atoms with Crippen LogP contribution in [0.2, 0.25) is 0 Å². The van der Waals surface area contributed by atoms with E-state index in [-0.39, 0.29) is 18.4 Å². The third-order valence-electron chi connectivity index (χ3n) is 3.44. The number of carbonyl (C=O) groups excluding carboxylic acids is 2. The van der Waals surface area contributed by atoms with Crippen LogP contribution in [0.1, 0.15) is 16.1 Å². The van der Waals surface area contributed by atoms with E-state index in [0.29, 0.717) is 10.6 Å². The van der Waals surface area contributed by atoms with Crippen LogP contribution in [0.5, 0.6) is 0 Å². The molecule has 0 aliphatic carbocycles. The fourth-order valence-corrected chi connectivity index (χ4v) is 3.02. The number of likely N-dealkylation sites (N-methyl/N-ethyl adjacent to an activating group) is 1. The number of hydrogen-bond donors (Lipinski definition) is 2. The van der Waals surface area contributed by atoms with Gasteiger partial charge in [-0.2, -0.15) is 4.37 Å². The maximum atomic E-state index is 12.5. The Kier molecular flexibility index (Phi) is 4.12. The SMILES string of the molecule is Cc1cc(NC(=O)CN(C)C(=O)c2c[nH]c3ccccc23)sn1. The summed E-state index contributed by atoms with van der Waals surface area (Å²) in [6.45, 7) is 1.84. The van der Waals surface area contributed by atoms with Crippen molar-refractivity contribution in [1.82, 2.24) is 14.3 Å². The first-order chi connectivity index (χ1) is 11.0. The second-order valence-electron chi connectivity index (χ2n) is 5.29. The highest BCUT2D eigenvalue weighted by atomic mass is 32.1. The minimum Gasteiger partial charge on any atom is -0.360 e. The van der Waals surface area contributed by atoms with E-state index in [2.05, 4.69) is 14.7 Å². The van der Waals surface area contributed by atoms with Gasteiger partial charge in [0.05, 0.1) is 17.8 Å². The second kappa shape index (κ2) is 6.21. The number of fused-ring (bicyclic) bond motifs is 1. The number of nitrogens with one attached hydrogen (secondary N) is 2. The number of anilines is 1. The highest BCUT2D eigenvalue weighted by Gasteiger charge is 2.18. The summed E-state index contributed by atoms with van der Waals surface area (Å²) in [5, 5.41) is 4.28. The number of H-pyrrole nitrogens is 1. The summed E-state index contributed by atoms with van der Waals surface area (Å²) in [7, 11) is 1.61. The lowest BCUT2D eigenvalue weighted by atomic mass is 10.1. The number of aromatic amines is 1. The molecule has 0 unspecified atom stereocenters. The van der Waals surface area contributed by atoms with E-state index in [9.17, 15) is 9.59 Å². The Morgan fingerprint density at radius 1 is 1.35 bits per heavy atom. The molecule has 2 amide bonds. The summed E-state index contributed by atoms with van der Waals surface area (Å²) in [6.07, 6.45) is 1.67. The number of nitrogens with zero attached hydrogens (tertiary/aromatic N) is 2. The van der Waals surface area contributed by atoms with Gasteiger partial charge in [-0.25, -0.2) is 0 Å². The molecule has 3 rings (SSSR count). The van der Waals surface area contributed by atoms with Crippen LogP contribution in [0.15, 0.2) is 36.5 Å². The predicted octanol–water partition coefficient (Wildman–Crippen LogP) is 2.64. The van der Waals surface area contributed by atoms with Gasteiger partial charge in [0.15, 0.2) is 0 Å². The van der Waals surface area contributed by atoms with Crippen molar-refractivity contribution < 1.29 is 9.59 Å². The van der Waals surface area contributed by atoms with Crippen molar-refractivity contribution in [3.05, 3.63) is 47.8 Å². The number of rotatable bonds is 4. The fourth-order valence-electron chi connectivity index (χ4n) is 2.34. The van der Waals surface area contributed by atoms with Crippen molar-refractivity contribution in [2.24, 2.45) is 0 Å². The highest BCUT2D eigenvalue weighted by Crippen LogP contribution is 2.19. The van der Waals surface area contributed by atoms with Gasteiger partial charge in [-0.15, -0.1) is 0 Å². The molecular weight excluding hydrogens is 312 g/mol. The predicted molar refractivity (Wildman–Crippen MR) is 90.7 cm³/mol. The molecule has 0 fully saturated rings. The molecule has 3 aromatic rings. The minimum atomic E-state index is -0.246. The summed E-state index contributed by atoms with van der Waals surface area (Å²) < 4.78 is 4.10. The zero-order chi connectivity index (χ0) is 16.4. The maximum absolute atomic E-state index is 12.5. The zero-order valence-electron chi connectivity index (χ0n) is 12.8. The Labute approximate surface area is 137 Å². The summed E-state index contributed by atoms with van der Waals surface area (Å²) >= 11 is 1.22. The lowest BCUT2D eigenvalue weighted by Gasteiger charge is -2.16. The van der Waals surface area contributed by atoms with Crippen LogP contribution in [0.4, 0.5) is 5.00 Å². The van der Waals surface area contributed by atoms with Crippen LogP contribution in [-0.2, 0) is 4.79 Å². The number of amides is 2. The van der Waals surface area contributed by atoms with Crippen molar-refractivity contribution in [3.63, 3.8) is 0 Å². The molecule has 6 nitrogen and oxygen atoms in total. The van der Waals surface area contributed by atoms with Gasteiger partial charge in [-0.05, 0) is 30.6 Å². The molecule has 0 atom stereocenters. The summed E-state index contributed by atoms with van der Waals surface area (Å²) in [5.74, 6) is -0.442. The Morgan fingerprint density at radius 3 is 2.87 bits per heavy atom. The average Bonchev–Trinajstić information content (AvgIpc) is 3.12. The van der Waals surface area contributed by atoms with Gasteiger partial charge in [0.25, 0.3) is 5.91 Å². The lowest BCUT2D eigenvalue weighted by Crippen LogP contribution is -2.34. The van der Waals surface area contributed by atoms with Crippen LogP contribution in [-0.4, -0.2) is 39.7 Å². The topological polar surface area (TPSA) is 78.1 Å². The lowest BCUT2D eigenvalue weighted by molar-refractivity contribution is -0.116. The second-order valence-corrected chi connectivity index (χ2v) is 6.09. The summed E-state index contributed by atoms with van der Waals surface area (Å²) in [4.78, 5) is 29.0. The number of aryl methyl sites for hydroxylation is 1. The van der Waals surface area contributed by atoms with Gasteiger partial charge >= 0.3 is 0 Å². The van der Waals surface area contributed by atoms with Gasteiger partial charge in [0.1, 0.15) is 5.00 Å². The number of carbonyl (C=O) groups is 2. The standard InChI is InChI=1S/C16H16N4O2S/c1-10-7-15(23-19-10)18-14(21)9-20(2)16(22)12-8-17-13-6-4-3-5-11(12)13/h3-8,17H,9H2,1-2H3,(H,18,21). The van der Waals surface area contributed by atoms with Crippen molar-refractivity contribution in [2.75, 3.05) is 18.9 Å². The third-order valence-corrected chi connectivity index (χ3v) is 4.23. The quantitative estimate of drug-likeness (QED) is 0.773. The molecule has 2 aromatic heterocycles. The Bertz CT molecular complexity index is 868. The van der Waals surface area contributed by atoms with E-state index >= 15 is 0 Å². The van der Waals surface area contributed by atoms with E-state index in [4.69, 9.17) is 0 Å². The zero-order valence-corrected chi connectivity index (χ0v) is 13.6. The average molecular weight is 328 g/mol. The number of para-hydroxylation sites is 1. The first-order valence-corrected chi connectivity index (χ1v) is 7.86. The first kappa shape index (κ1) is 15.2. The molecule has 23 heavy (non-hydrogen) atoms. The highest BCUT2D eigenvalue weighted by molar-refractivity contribution is 7.10. The smallest absolute Gasteiger partial charge is 0.256 e. The van der Waals surface area contributed by atoms with Gasteiger partial charge < -0.3 is 15.2 Å². The first-order valence-electron chi connectivity index (χ1n) is 7.09. The largest absolute Gasteiger partial charge is 0.360 e. The van der Waals surface area contributed by atoms with E-state index in [1.807, 2.05) is 31.2 Å². The number of aromatic nitrogens is 2. The molecule has 0 aliphatic heterocycles. The molecule has 0 saturated heterocycles. The van der Waals surface area contributed by atoms with Gasteiger partial charge in [-0.3, -0.25) is 9.59 Å². The van der Waals surface area contributed by atoms with Crippen LogP contribution in [0.3, 0.4) is 0 Å². The van der Waals surface area contributed by atoms with Crippen LogP contribution >= 0.6 is 11.5 Å². The molecule has 0 saturated carbocycles. The molecule has 2 heterocycles. The van der Waals surface area contributed by atoms with Crippen molar-refractivity contribution in [2.45, 2.75) is 6.92 Å². The van der Waals surface area contributed by atoms with Crippen molar-refractivity contribution in [1.29, 1.82) is 0 Å². The van der Waals surface area contributed by atoms with Gasteiger partial charge in [0.2, 0.25) is 5.91 Å². The van der Waals surface area contributed by atoms with E-state index in [0.717, 1.165) is 16.6 Å². The fraction of sp³-hybridized carbons (Fsp3) is 0.188. The molecule has 0 aliphatic rings. The molecule has 0 bridgehead atoms. The van der Waals surface area contributed by atoms with Crippen LogP contribution in [0.25, 0.3) is 10.9 Å². The molecule has 0 spiro atoms. The number of benzene rings is 1. The normalized spacial score (nSPS) is 10.7. The molecule has 2 N–H and O–H groups in total. The molecule has 1 aromatic carbocycles. The third kappa shape index (κ3) is 3.24. The van der Waals surface area contributed by atoms with Gasteiger partial charge in [-0.1, -0.05) is 18.2 Å². The molecule has 118 valence electrons.